The lowest BCUT2D eigenvalue weighted by molar-refractivity contribution is 0.0943. The number of hydrazine groups is 1. The highest BCUT2D eigenvalue weighted by atomic mass is 32.2. The van der Waals surface area contributed by atoms with Gasteiger partial charge in [-0.25, -0.2) is 8.42 Å². The fourth-order valence-corrected chi connectivity index (χ4v) is 6.42. The molecule has 3 unspecified atom stereocenters. The quantitative estimate of drug-likeness (QED) is 0.415. The third-order valence-corrected chi connectivity index (χ3v) is 8.18. The fourth-order valence-electron chi connectivity index (χ4n) is 4.59. The molecule has 7 nitrogen and oxygen atoms in total. The zero-order valence-electron chi connectivity index (χ0n) is 17.7. The normalized spacial score (nSPS) is 22.8. The van der Waals surface area contributed by atoms with Crippen LogP contribution < -0.4 is 16.2 Å². The summed E-state index contributed by atoms with van der Waals surface area (Å²) in [7, 11) is -3.56. The number of fused-ring (bicyclic) bond motifs is 2. The van der Waals surface area contributed by atoms with Crippen LogP contribution in [-0.4, -0.2) is 42.9 Å². The van der Waals surface area contributed by atoms with Crippen molar-refractivity contribution in [1.29, 1.82) is 0 Å². The molecule has 2 saturated carbocycles. The van der Waals surface area contributed by atoms with Gasteiger partial charge < -0.3 is 5.32 Å². The molecule has 2 aliphatic carbocycles. The van der Waals surface area contributed by atoms with Crippen LogP contribution in [0.5, 0.6) is 0 Å². The van der Waals surface area contributed by atoms with Crippen LogP contribution in [-0.2, 0) is 10.0 Å². The summed E-state index contributed by atoms with van der Waals surface area (Å²) in [6.07, 6.45) is 6.49. The Bertz CT molecular complexity index is 852. The van der Waals surface area contributed by atoms with E-state index >= 15 is 0 Å². The van der Waals surface area contributed by atoms with E-state index in [-0.39, 0.29) is 10.8 Å². The van der Waals surface area contributed by atoms with E-state index in [1.54, 1.807) is 0 Å². The summed E-state index contributed by atoms with van der Waals surface area (Å²) in [5, 5.41) is 3.72. The van der Waals surface area contributed by atoms with Crippen LogP contribution in [0.4, 0.5) is 0 Å². The molecular weight excluding hydrogens is 420 g/mol. The largest absolute Gasteiger partial charge is 0.358 e. The lowest BCUT2D eigenvalue weighted by Crippen LogP contribution is -2.50. The van der Waals surface area contributed by atoms with Crippen LogP contribution in [0.3, 0.4) is 0 Å². The number of thiocarbonyl (C=S) groups is 1. The molecule has 0 spiro atoms. The first kappa shape index (κ1) is 23.0. The summed E-state index contributed by atoms with van der Waals surface area (Å²) in [5.74, 6) is 1.13. The number of sulfonamides is 1. The Morgan fingerprint density at radius 3 is 2.27 bits per heavy atom. The smallest absolute Gasteiger partial charge is 0.269 e. The van der Waals surface area contributed by atoms with Crippen molar-refractivity contribution in [3.05, 3.63) is 29.8 Å². The van der Waals surface area contributed by atoms with E-state index in [0.29, 0.717) is 35.7 Å². The van der Waals surface area contributed by atoms with Crippen molar-refractivity contribution in [2.24, 2.45) is 11.8 Å². The summed E-state index contributed by atoms with van der Waals surface area (Å²) in [6.45, 7) is 4.87. The summed E-state index contributed by atoms with van der Waals surface area (Å²) >= 11 is 5.30. The number of rotatable bonds is 8. The van der Waals surface area contributed by atoms with E-state index in [9.17, 15) is 13.2 Å². The van der Waals surface area contributed by atoms with Gasteiger partial charge in [0.1, 0.15) is 0 Å². The van der Waals surface area contributed by atoms with E-state index in [0.717, 1.165) is 25.2 Å². The summed E-state index contributed by atoms with van der Waals surface area (Å²) in [5.41, 5.74) is 5.71. The Morgan fingerprint density at radius 2 is 1.73 bits per heavy atom. The van der Waals surface area contributed by atoms with Crippen molar-refractivity contribution in [2.75, 3.05) is 13.1 Å². The fraction of sp³-hybridized carbons (Fsp3) is 0.619. The topological polar surface area (TPSA) is 90.5 Å². The van der Waals surface area contributed by atoms with Gasteiger partial charge in [0.05, 0.1) is 4.90 Å². The third-order valence-electron chi connectivity index (χ3n) is 6.04. The van der Waals surface area contributed by atoms with E-state index in [1.165, 1.54) is 47.8 Å². The maximum atomic E-state index is 12.8. The molecule has 0 saturated heterocycles. The number of benzene rings is 1. The molecule has 3 rings (SSSR count). The molecule has 1 amide bonds. The maximum Gasteiger partial charge on any atom is 0.269 e. The van der Waals surface area contributed by atoms with Crippen LogP contribution in [0, 0.1) is 11.8 Å². The van der Waals surface area contributed by atoms with Crippen LogP contribution in [0.2, 0.25) is 0 Å². The Kier molecular flexibility index (Phi) is 7.70. The molecule has 1 aromatic rings. The first-order valence-corrected chi connectivity index (χ1v) is 12.7. The highest BCUT2D eigenvalue weighted by molar-refractivity contribution is 7.89. The van der Waals surface area contributed by atoms with Gasteiger partial charge in [0.15, 0.2) is 5.11 Å². The van der Waals surface area contributed by atoms with Crippen LogP contribution in [0.1, 0.15) is 62.7 Å². The summed E-state index contributed by atoms with van der Waals surface area (Å²) < 4.78 is 27.1. The Morgan fingerprint density at radius 1 is 1.07 bits per heavy atom. The molecular formula is C21H32N4O3S2. The molecule has 0 aliphatic heterocycles. The van der Waals surface area contributed by atoms with E-state index in [1.807, 2.05) is 13.8 Å². The highest BCUT2D eigenvalue weighted by Gasteiger charge is 2.39. The lowest BCUT2D eigenvalue weighted by atomic mass is 9.96. The predicted molar refractivity (Wildman–Crippen MR) is 121 cm³/mol. The van der Waals surface area contributed by atoms with Crippen LogP contribution in [0.25, 0.3) is 0 Å². The zero-order valence-corrected chi connectivity index (χ0v) is 19.3. The second kappa shape index (κ2) is 10.1. The average Bonchev–Trinajstić information content (AvgIpc) is 3.35. The van der Waals surface area contributed by atoms with Gasteiger partial charge in [-0.3, -0.25) is 15.6 Å². The van der Waals surface area contributed by atoms with Gasteiger partial charge in [-0.05, 0) is 80.4 Å². The Labute approximate surface area is 185 Å². The number of carbonyl (C=O) groups is 1. The lowest BCUT2D eigenvalue weighted by Gasteiger charge is -2.24. The molecule has 9 heteroatoms. The number of carbonyl (C=O) groups excluding carboxylic acids is 1. The molecule has 3 atom stereocenters. The van der Waals surface area contributed by atoms with Gasteiger partial charge in [-0.15, -0.1) is 0 Å². The van der Waals surface area contributed by atoms with Gasteiger partial charge in [-0.2, -0.15) is 4.31 Å². The van der Waals surface area contributed by atoms with Crippen molar-refractivity contribution in [2.45, 2.75) is 63.3 Å². The second-order valence-electron chi connectivity index (χ2n) is 8.26. The van der Waals surface area contributed by atoms with Crippen molar-refractivity contribution in [3.63, 3.8) is 0 Å². The number of hydrogen-bond donors (Lipinski definition) is 3. The van der Waals surface area contributed by atoms with E-state index < -0.39 is 10.0 Å². The summed E-state index contributed by atoms with van der Waals surface area (Å²) in [6, 6.07) is 6.39. The van der Waals surface area contributed by atoms with Crippen LogP contribution >= 0.6 is 12.2 Å². The molecule has 1 aromatic carbocycles. The molecule has 2 aliphatic rings. The Hall–Kier alpha value is -1.71. The van der Waals surface area contributed by atoms with Crippen molar-refractivity contribution in [1.82, 2.24) is 20.5 Å². The van der Waals surface area contributed by atoms with Gasteiger partial charge in [-0.1, -0.05) is 20.3 Å². The number of nitrogens with one attached hydrogen (secondary N) is 3. The molecule has 2 fully saturated rings. The van der Waals surface area contributed by atoms with E-state index in [4.69, 9.17) is 12.2 Å². The van der Waals surface area contributed by atoms with Crippen molar-refractivity contribution >= 4 is 33.3 Å². The molecule has 166 valence electrons. The van der Waals surface area contributed by atoms with Gasteiger partial charge in [0.25, 0.3) is 5.91 Å². The minimum Gasteiger partial charge on any atom is -0.358 e. The minimum atomic E-state index is -3.56. The van der Waals surface area contributed by atoms with Gasteiger partial charge >= 0.3 is 0 Å². The molecule has 30 heavy (non-hydrogen) atoms. The number of hydrogen-bond acceptors (Lipinski definition) is 4. The average molecular weight is 453 g/mol. The first-order chi connectivity index (χ1) is 14.3. The predicted octanol–water partition coefficient (Wildman–Crippen LogP) is 2.79. The molecule has 0 heterocycles. The van der Waals surface area contributed by atoms with Gasteiger partial charge in [0, 0.05) is 24.7 Å². The van der Waals surface area contributed by atoms with Gasteiger partial charge in [0.2, 0.25) is 10.0 Å². The number of nitrogens with zero attached hydrogens (tertiary/aromatic N) is 1. The number of amides is 1. The highest BCUT2D eigenvalue weighted by Crippen LogP contribution is 2.44. The third kappa shape index (κ3) is 5.31. The first-order valence-electron chi connectivity index (χ1n) is 10.8. The molecule has 2 bridgehead atoms. The van der Waals surface area contributed by atoms with Crippen molar-refractivity contribution in [3.8, 4) is 0 Å². The standard InChI is InChI=1S/C21H32N4O3S2/c1-3-11-25(12-4-2)30(27,28)18-9-7-16(8-10-18)20(26)23-24-21(29)22-19-14-15-5-6-17(19)13-15/h7-10,15,17,19H,3-6,11-14H2,1-2H3,(H,23,26)(H2,22,24,29). The maximum absolute atomic E-state index is 12.8. The zero-order chi connectivity index (χ0) is 21.7. The molecule has 3 N–H and O–H groups in total. The molecule has 0 aromatic heterocycles. The molecule has 0 radical (unpaired) electrons. The van der Waals surface area contributed by atoms with Crippen LogP contribution in [0.15, 0.2) is 29.2 Å². The second-order valence-corrected chi connectivity index (χ2v) is 10.6. The van der Waals surface area contributed by atoms with Crippen molar-refractivity contribution < 1.29 is 13.2 Å². The van der Waals surface area contributed by atoms with E-state index in [2.05, 4.69) is 16.2 Å². The monoisotopic (exact) mass is 452 g/mol. The SMILES string of the molecule is CCCN(CCC)S(=O)(=O)c1ccc(C(=O)NNC(=S)NC2CC3CCC2C3)cc1. The summed E-state index contributed by atoms with van der Waals surface area (Å²) in [4.78, 5) is 12.6. The Balaban J connectivity index is 1.53. The minimum absolute atomic E-state index is 0.197.